The zero-order chi connectivity index (χ0) is 29.4. The molecular formula is C34H38N4O4. The molecule has 8 nitrogen and oxygen atoms in total. The minimum absolute atomic E-state index is 0.00639. The number of carbonyl (C=O) groups is 1. The Hall–Kier alpha value is -4.20. The SMILES string of the molecule is CC=CC1=CCC(n2c(C)nc3ccc(OCC(C)c4cc5c(cc4OC)C(=O)N4CCCC4C=N5)cc3c2=O)CC1. The number of aliphatic imine (C=N–C) groups is 1. The third-order valence-corrected chi connectivity index (χ3v) is 8.77. The number of aryl methyl sites for hydroxylation is 1. The third-order valence-electron chi connectivity index (χ3n) is 8.77. The average Bonchev–Trinajstić information content (AvgIpc) is 3.43. The average molecular weight is 567 g/mol. The van der Waals surface area contributed by atoms with Gasteiger partial charge in [-0.3, -0.25) is 19.1 Å². The highest BCUT2D eigenvalue weighted by atomic mass is 16.5. The molecule has 1 aromatic heterocycles. The Labute approximate surface area is 246 Å². The Balaban J connectivity index is 1.24. The molecule has 3 unspecified atom stereocenters. The summed E-state index contributed by atoms with van der Waals surface area (Å²) >= 11 is 0. The van der Waals surface area contributed by atoms with E-state index in [9.17, 15) is 9.59 Å². The van der Waals surface area contributed by atoms with Crippen LogP contribution in [0.1, 0.15) is 79.7 Å². The Morgan fingerprint density at radius 2 is 2.02 bits per heavy atom. The summed E-state index contributed by atoms with van der Waals surface area (Å²) in [6, 6.07) is 9.44. The summed E-state index contributed by atoms with van der Waals surface area (Å²) in [6.07, 6.45) is 12.9. The first kappa shape index (κ1) is 27.9. The van der Waals surface area contributed by atoms with Gasteiger partial charge in [0.25, 0.3) is 11.5 Å². The van der Waals surface area contributed by atoms with Gasteiger partial charge in [-0.1, -0.05) is 30.7 Å². The molecule has 8 heteroatoms. The zero-order valence-corrected chi connectivity index (χ0v) is 24.8. The maximum Gasteiger partial charge on any atom is 0.261 e. The van der Waals surface area contributed by atoms with Crippen LogP contribution in [0.4, 0.5) is 5.69 Å². The first-order chi connectivity index (χ1) is 20.4. The minimum Gasteiger partial charge on any atom is -0.496 e. The lowest BCUT2D eigenvalue weighted by Crippen LogP contribution is -2.35. The van der Waals surface area contributed by atoms with Crippen molar-refractivity contribution in [2.75, 3.05) is 20.3 Å². The van der Waals surface area contributed by atoms with Crippen LogP contribution in [-0.2, 0) is 0 Å². The van der Waals surface area contributed by atoms with Gasteiger partial charge in [0.15, 0.2) is 0 Å². The number of nitrogens with zero attached hydrogens (tertiary/aromatic N) is 4. The van der Waals surface area contributed by atoms with Gasteiger partial charge >= 0.3 is 0 Å². The molecule has 3 aliphatic rings. The van der Waals surface area contributed by atoms with Crippen molar-refractivity contribution in [2.45, 2.75) is 70.9 Å². The lowest BCUT2D eigenvalue weighted by Gasteiger charge is -2.25. The number of amides is 1. The smallest absolute Gasteiger partial charge is 0.261 e. The summed E-state index contributed by atoms with van der Waals surface area (Å²) in [5.41, 5.74) is 4.13. The second kappa shape index (κ2) is 11.6. The molecular weight excluding hydrogens is 528 g/mol. The molecule has 0 saturated carbocycles. The van der Waals surface area contributed by atoms with E-state index in [4.69, 9.17) is 19.5 Å². The molecule has 0 bridgehead atoms. The molecule has 1 saturated heterocycles. The molecule has 42 heavy (non-hydrogen) atoms. The van der Waals surface area contributed by atoms with Crippen LogP contribution in [0.25, 0.3) is 10.9 Å². The van der Waals surface area contributed by atoms with Crippen molar-refractivity contribution in [1.82, 2.24) is 14.5 Å². The van der Waals surface area contributed by atoms with Crippen LogP contribution in [0, 0.1) is 6.92 Å². The Bertz CT molecular complexity index is 1690. The summed E-state index contributed by atoms with van der Waals surface area (Å²) in [4.78, 5) is 38.3. The van der Waals surface area contributed by atoms with E-state index in [1.54, 1.807) is 7.11 Å². The van der Waals surface area contributed by atoms with Gasteiger partial charge in [-0.05, 0) is 76.3 Å². The third kappa shape index (κ3) is 5.14. The van der Waals surface area contributed by atoms with Gasteiger partial charge in [-0.15, -0.1) is 0 Å². The van der Waals surface area contributed by atoms with Crippen molar-refractivity contribution in [3.63, 3.8) is 0 Å². The van der Waals surface area contributed by atoms with E-state index in [1.165, 1.54) is 5.57 Å². The fourth-order valence-corrected chi connectivity index (χ4v) is 6.51. The first-order valence-corrected chi connectivity index (χ1v) is 14.9. The second-order valence-corrected chi connectivity index (χ2v) is 11.5. The van der Waals surface area contributed by atoms with E-state index in [0.717, 1.165) is 50.0 Å². The molecule has 1 fully saturated rings. The zero-order valence-electron chi connectivity index (χ0n) is 24.8. The molecule has 0 radical (unpaired) electrons. The van der Waals surface area contributed by atoms with Crippen molar-refractivity contribution >= 4 is 28.7 Å². The number of aromatic nitrogens is 2. The largest absolute Gasteiger partial charge is 0.496 e. The number of rotatable bonds is 7. The number of ether oxygens (including phenoxy) is 2. The number of carbonyl (C=O) groups excluding carboxylic acids is 1. The fraction of sp³-hybridized carbons (Fsp3) is 0.412. The van der Waals surface area contributed by atoms with Crippen molar-refractivity contribution in [1.29, 1.82) is 0 Å². The van der Waals surface area contributed by atoms with Gasteiger partial charge in [0.05, 0.1) is 41.9 Å². The highest BCUT2D eigenvalue weighted by Crippen LogP contribution is 2.37. The van der Waals surface area contributed by atoms with Crippen LogP contribution < -0.4 is 15.0 Å². The highest BCUT2D eigenvalue weighted by Gasteiger charge is 2.32. The van der Waals surface area contributed by atoms with Crippen LogP contribution in [-0.4, -0.2) is 52.9 Å². The van der Waals surface area contributed by atoms with Gasteiger partial charge in [0.1, 0.15) is 17.3 Å². The monoisotopic (exact) mass is 566 g/mol. The number of benzene rings is 2. The summed E-state index contributed by atoms with van der Waals surface area (Å²) in [6.45, 7) is 7.11. The predicted octanol–water partition coefficient (Wildman–Crippen LogP) is 6.44. The predicted molar refractivity (Wildman–Crippen MR) is 166 cm³/mol. The van der Waals surface area contributed by atoms with Gasteiger partial charge in [0.2, 0.25) is 0 Å². The van der Waals surface area contributed by atoms with Gasteiger partial charge in [-0.25, -0.2) is 4.98 Å². The molecule has 6 rings (SSSR count). The highest BCUT2D eigenvalue weighted by molar-refractivity contribution is 6.03. The number of fused-ring (bicyclic) bond motifs is 3. The number of hydrogen-bond donors (Lipinski definition) is 0. The van der Waals surface area contributed by atoms with Crippen LogP contribution in [0.5, 0.6) is 11.5 Å². The van der Waals surface area contributed by atoms with E-state index in [1.807, 2.05) is 59.9 Å². The summed E-state index contributed by atoms with van der Waals surface area (Å²) in [5.74, 6) is 1.95. The van der Waals surface area contributed by atoms with E-state index in [-0.39, 0.29) is 29.5 Å². The summed E-state index contributed by atoms with van der Waals surface area (Å²) < 4.78 is 13.8. The molecule has 3 atom stereocenters. The lowest BCUT2D eigenvalue weighted by atomic mass is 9.94. The van der Waals surface area contributed by atoms with Crippen molar-refractivity contribution < 1.29 is 14.3 Å². The number of hydrogen-bond acceptors (Lipinski definition) is 6. The quantitative estimate of drug-likeness (QED) is 0.328. The van der Waals surface area contributed by atoms with E-state index in [2.05, 4.69) is 25.2 Å². The van der Waals surface area contributed by atoms with Gasteiger partial charge < -0.3 is 14.4 Å². The van der Waals surface area contributed by atoms with Gasteiger partial charge in [0, 0.05) is 30.3 Å². The normalized spacial score (nSPS) is 20.8. The van der Waals surface area contributed by atoms with E-state index < -0.39 is 0 Å². The van der Waals surface area contributed by atoms with Crippen LogP contribution in [0.2, 0.25) is 0 Å². The van der Waals surface area contributed by atoms with Crippen molar-refractivity contribution in [3.05, 3.63) is 81.4 Å². The Morgan fingerprint density at radius 3 is 2.79 bits per heavy atom. The Kier molecular flexibility index (Phi) is 7.71. The van der Waals surface area contributed by atoms with Crippen molar-refractivity contribution in [2.24, 2.45) is 4.99 Å². The molecule has 3 aromatic rings. The number of methoxy groups -OCH3 is 1. The minimum atomic E-state index is -0.0532. The topological polar surface area (TPSA) is 86.0 Å². The summed E-state index contributed by atoms with van der Waals surface area (Å²) in [7, 11) is 1.62. The van der Waals surface area contributed by atoms with Crippen LogP contribution >= 0.6 is 0 Å². The fourth-order valence-electron chi connectivity index (χ4n) is 6.51. The molecule has 218 valence electrons. The van der Waals surface area contributed by atoms with E-state index >= 15 is 0 Å². The molecule has 0 N–H and O–H groups in total. The van der Waals surface area contributed by atoms with E-state index in [0.29, 0.717) is 40.3 Å². The first-order valence-electron chi connectivity index (χ1n) is 14.9. The van der Waals surface area contributed by atoms with Crippen molar-refractivity contribution in [3.8, 4) is 11.5 Å². The molecule has 1 amide bonds. The molecule has 3 heterocycles. The molecule has 1 aliphatic carbocycles. The molecule has 2 aliphatic heterocycles. The lowest BCUT2D eigenvalue weighted by molar-refractivity contribution is 0.0774. The maximum atomic E-state index is 13.7. The summed E-state index contributed by atoms with van der Waals surface area (Å²) in [5, 5.41) is 0.560. The number of allylic oxidation sites excluding steroid dienone is 4. The molecule has 2 aromatic carbocycles. The van der Waals surface area contributed by atoms with Gasteiger partial charge in [-0.2, -0.15) is 0 Å². The second-order valence-electron chi connectivity index (χ2n) is 11.5. The Morgan fingerprint density at radius 1 is 1.17 bits per heavy atom. The van der Waals surface area contributed by atoms with Crippen LogP contribution in [0.3, 0.4) is 0 Å². The maximum absolute atomic E-state index is 13.7. The standard InChI is InChI=1S/C34H38N4O4/c1-5-7-23-9-11-24(12-10-23)38-22(3)36-30-14-13-26(16-28(30)34(38)40)42-20-21(2)27-17-31-29(18-32(27)41-4)33(39)37-15-6-8-25(37)19-35-31/h5,7,9,13-14,16-19,21,24-25H,6,8,10-12,15,20H2,1-4H3. The van der Waals surface area contributed by atoms with Crippen LogP contribution in [0.15, 0.2) is 63.9 Å². The molecule has 0 spiro atoms.